The summed E-state index contributed by atoms with van der Waals surface area (Å²) in [6.45, 7) is 2.32. The van der Waals surface area contributed by atoms with Crippen molar-refractivity contribution in [2.45, 2.75) is 44.6 Å². The molecule has 2 aromatic rings. The molecule has 3 atom stereocenters. The third-order valence-electron chi connectivity index (χ3n) is 5.53. The standard InChI is InChI=1S/C18H20O2/c1-18-7-6-14-15(17(18)9-13(20)10-18)5-3-11-2-4-12(19)8-16(11)14/h2-5,8,13,17,19-20H,6-7,9-10H2,1H3/t13-,17+,18-/m1/s1. The third-order valence-corrected chi connectivity index (χ3v) is 5.53. The Morgan fingerprint density at radius 3 is 2.85 bits per heavy atom. The molecule has 0 aromatic heterocycles. The molecule has 2 N–H and O–H groups in total. The van der Waals surface area contributed by atoms with Crippen molar-refractivity contribution in [1.82, 2.24) is 0 Å². The van der Waals surface area contributed by atoms with Crippen molar-refractivity contribution in [2.75, 3.05) is 0 Å². The van der Waals surface area contributed by atoms with Gasteiger partial charge in [0.1, 0.15) is 5.75 Å². The number of benzene rings is 2. The van der Waals surface area contributed by atoms with Crippen molar-refractivity contribution >= 4 is 10.8 Å². The van der Waals surface area contributed by atoms with Gasteiger partial charge in [0.15, 0.2) is 0 Å². The largest absolute Gasteiger partial charge is 0.508 e. The molecule has 4 rings (SSSR count). The van der Waals surface area contributed by atoms with E-state index in [-0.39, 0.29) is 11.5 Å². The highest BCUT2D eigenvalue weighted by Crippen LogP contribution is 2.56. The summed E-state index contributed by atoms with van der Waals surface area (Å²) in [5.74, 6) is 0.804. The molecule has 0 aliphatic heterocycles. The summed E-state index contributed by atoms with van der Waals surface area (Å²) in [7, 11) is 0. The van der Waals surface area contributed by atoms with Crippen molar-refractivity contribution in [3.63, 3.8) is 0 Å². The molecule has 2 aromatic carbocycles. The maximum atomic E-state index is 10.1. The van der Waals surface area contributed by atoms with Gasteiger partial charge in [-0.2, -0.15) is 0 Å². The molecule has 20 heavy (non-hydrogen) atoms. The van der Waals surface area contributed by atoms with E-state index in [2.05, 4.69) is 19.1 Å². The van der Waals surface area contributed by atoms with Crippen LogP contribution >= 0.6 is 0 Å². The molecule has 2 nitrogen and oxygen atoms in total. The predicted octanol–water partition coefficient (Wildman–Crippen LogP) is 3.74. The Labute approximate surface area is 119 Å². The minimum absolute atomic E-state index is 0.157. The predicted molar refractivity (Wildman–Crippen MR) is 80.0 cm³/mol. The van der Waals surface area contributed by atoms with Crippen molar-refractivity contribution in [1.29, 1.82) is 0 Å². The van der Waals surface area contributed by atoms with Crippen LogP contribution in [-0.2, 0) is 6.42 Å². The van der Waals surface area contributed by atoms with Gasteiger partial charge in [0, 0.05) is 0 Å². The van der Waals surface area contributed by atoms with Gasteiger partial charge in [0.2, 0.25) is 0 Å². The number of fused-ring (bicyclic) bond motifs is 5. The number of aryl methyl sites for hydroxylation is 1. The van der Waals surface area contributed by atoms with Crippen LogP contribution in [0.2, 0.25) is 0 Å². The van der Waals surface area contributed by atoms with Crippen LogP contribution in [0.5, 0.6) is 5.75 Å². The summed E-state index contributed by atoms with van der Waals surface area (Å²) in [5, 5.41) is 22.2. The Hall–Kier alpha value is -1.54. The van der Waals surface area contributed by atoms with E-state index in [1.165, 1.54) is 21.9 Å². The zero-order valence-electron chi connectivity index (χ0n) is 11.8. The summed E-state index contributed by atoms with van der Waals surface area (Å²) in [6.07, 6.45) is 3.84. The van der Waals surface area contributed by atoms with Gasteiger partial charge in [0.05, 0.1) is 6.10 Å². The molecule has 0 spiro atoms. The van der Waals surface area contributed by atoms with Crippen LogP contribution in [0.1, 0.15) is 43.2 Å². The van der Waals surface area contributed by atoms with Crippen LogP contribution in [-0.4, -0.2) is 16.3 Å². The van der Waals surface area contributed by atoms with Crippen LogP contribution in [0.4, 0.5) is 0 Å². The zero-order chi connectivity index (χ0) is 13.9. The van der Waals surface area contributed by atoms with Crippen molar-refractivity contribution in [3.8, 4) is 5.75 Å². The molecule has 2 heteroatoms. The maximum absolute atomic E-state index is 10.1. The van der Waals surface area contributed by atoms with Gasteiger partial charge in [-0.25, -0.2) is 0 Å². The van der Waals surface area contributed by atoms with Gasteiger partial charge in [-0.15, -0.1) is 0 Å². The molecule has 0 unspecified atom stereocenters. The lowest BCUT2D eigenvalue weighted by Crippen LogP contribution is -2.26. The van der Waals surface area contributed by atoms with Crippen LogP contribution in [0.3, 0.4) is 0 Å². The van der Waals surface area contributed by atoms with Gasteiger partial charge in [-0.05, 0) is 71.0 Å². The summed E-state index contributed by atoms with van der Waals surface area (Å²) < 4.78 is 0. The Morgan fingerprint density at radius 2 is 2.00 bits per heavy atom. The van der Waals surface area contributed by atoms with Crippen LogP contribution in [0.25, 0.3) is 10.8 Å². The summed E-state index contributed by atoms with van der Waals surface area (Å²) in [5.41, 5.74) is 3.03. The van der Waals surface area contributed by atoms with Gasteiger partial charge >= 0.3 is 0 Å². The van der Waals surface area contributed by atoms with E-state index in [0.29, 0.717) is 11.7 Å². The number of phenolic OH excluding ortho intramolecular Hbond substituents is 1. The Kier molecular flexibility index (Phi) is 2.43. The molecule has 0 amide bonds. The Balaban J connectivity index is 1.94. The van der Waals surface area contributed by atoms with E-state index in [0.717, 1.165) is 25.7 Å². The van der Waals surface area contributed by atoms with Crippen LogP contribution in [0, 0.1) is 5.41 Å². The number of aliphatic hydroxyl groups excluding tert-OH is 1. The van der Waals surface area contributed by atoms with Gasteiger partial charge in [-0.3, -0.25) is 0 Å². The van der Waals surface area contributed by atoms with E-state index in [9.17, 15) is 10.2 Å². The second-order valence-corrected chi connectivity index (χ2v) is 6.84. The van der Waals surface area contributed by atoms with Crippen molar-refractivity contribution < 1.29 is 10.2 Å². The topological polar surface area (TPSA) is 40.5 Å². The lowest BCUT2D eigenvalue weighted by Gasteiger charge is -2.38. The molecule has 0 bridgehead atoms. The van der Waals surface area contributed by atoms with Crippen molar-refractivity contribution in [2.24, 2.45) is 5.41 Å². The average Bonchev–Trinajstić information content (AvgIpc) is 2.72. The quantitative estimate of drug-likeness (QED) is 0.764. The highest BCUT2D eigenvalue weighted by atomic mass is 16.3. The highest BCUT2D eigenvalue weighted by molar-refractivity contribution is 5.88. The Morgan fingerprint density at radius 1 is 1.20 bits per heavy atom. The molecule has 2 aliphatic rings. The summed E-state index contributed by atoms with van der Waals surface area (Å²) >= 11 is 0. The Bertz CT molecular complexity index is 691. The monoisotopic (exact) mass is 268 g/mol. The molecular weight excluding hydrogens is 248 g/mol. The van der Waals surface area contributed by atoms with Crippen LogP contribution < -0.4 is 0 Å². The molecule has 2 aliphatic carbocycles. The smallest absolute Gasteiger partial charge is 0.116 e. The molecule has 1 fully saturated rings. The number of aliphatic hydroxyl groups is 1. The highest BCUT2D eigenvalue weighted by Gasteiger charge is 2.46. The van der Waals surface area contributed by atoms with Gasteiger partial charge in [0.25, 0.3) is 0 Å². The normalized spacial score (nSPS) is 32.1. The van der Waals surface area contributed by atoms with Crippen molar-refractivity contribution in [3.05, 3.63) is 41.5 Å². The first-order valence-electron chi connectivity index (χ1n) is 7.49. The zero-order valence-corrected chi connectivity index (χ0v) is 11.8. The molecular formula is C18H20O2. The van der Waals surface area contributed by atoms with Gasteiger partial charge < -0.3 is 10.2 Å². The molecule has 104 valence electrons. The first-order valence-corrected chi connectivity index (χ1v) is 7.49. The van der Waals surface area contributed by atoms with E-state index >= 15 is 0 Å². The molecule has 1 saturated carbocycles. The van der Waals surface area contributed by atoms with E-state index in [4.69, 9.17) is 0 Å². The maximum Gasteiger partial charge on any atom is 0.116 e. The number of aromatic hydroxyl groups is 1. The second-order valence-electron chi connectivity index (χ2n) is 6.84. The fourth-order valence-electron chi connectivity index (χ4n) is 4.50. The average molecular weight is 268 g/mol. The number of hydrogen-bond acceptors (Lipinski definition) is 2. The number of hydrogen-bond donors (Lipinski definition) is 2. The number of phenols is 1. The third kappa shape index (κ3) is 1.61. The summed E-state index contributed by atoms with van der Waals surface area (Å²) in [4.78, 5) is 0. The first-order chi connectivity index (χ1) is 9.57. The number of rotatable bonds is 0. The second kappa shape index (κ2) is 3.98. The SMILES string of the molecule is C[C@]12CCc3c(ccc4ccc(O)cc34)[C@@H]1C[C@@H](O)C2. The minimum Gasteiger partial charge on any atom is -0.508 e. The lowest BCUT2D eigenvalue weighted by molar-refractivity contribution is 0.159. The molecule has 0 heterocycles. The fraction of sp³-hybridized carbons (Fsp3) is 0.444. The minimum atomic E-state index is -0.157. The molecule has 0 saturated heterocycles. The molecule has 0 radical (unpaired) electrons. The first kappa shape index (κ1) is 12.2. The van der Waals surface area contributed by atoms with E-state index in [1.54, 1.807) is 6.07 Å². The summed E-state index contributed by atoms with van der Waals surface area (Å²) in [6, 6.07) is 10.0. The lowest BCUT2D eigenvalue weighted by atomic mass is 9.66. The van der Waals surface area contributed by atoms with Crippen LogP contribution in [0.15, 0.2) is 30.3 Å². The van der Waals surface area contributed by atoms with E-state index in [1.807, 2.05) is 12.1 Å². The fourth-order valence-corrected chi connectivity index (χ4v) is 4.50. The van der Waals surface area contributed by atoms with E-state index < -0.39 is 0 Å². The van der Waals surface area contributed by atoms with Gasteiger partial charge in [-0.1, -0.05) is 25.1 Å².